The maximum atomic E-state index is 5.82. The van der Waals surface area contributed by atoms with Gasteiger partial charge in [-0.25, -0.2) is 9.97 Å². The summed E-state index contributed by atoms with van der Waals surface area (Å²) in [6.45, 7) is 1.95. The first-order chi connectivity index (χ1) is 10.1. The van der Waals surface area contributed by atoms with Gasteiger partial charge in [-0.1, -0.05) is 30.4 Å². The second kappa shape index (κ2) is 5.46. The summed E-state index contributed by atoms with van der Waals surface area (Å²) in [7, 11) is 0. The number of ether oxygens (including phenoxy) is 1. The predicted molar refractivity (Wildman–Crippen MR) is 86.7 cm³/mol. The van der Waals surface area contributed by atoms with Crippen molar-refractivity contribution in [2.75, 3.05) is 0 Å². The number of aromatic nitrogens is 2. The van der Waals surface area contributed by atoms with Gasteiger partial charge < -0.3 is 10.5 Å². The number of nitrogens with zero attached hydrogens (tertiary/aromatic N) is 2. The minimum Gasteiger partial charge on any atom is -0.437 e. The van der Waals surface area contributed by atoms with Gasteiger partial charge in [0.15, 0.2) is 5.75 Å². The van der Waals surface area contributed by atoms with Crippen LogP contribution in [0.2, 0.25) is 0 Å². The second-order valence-electron chi connectivity index (χ2n) is 4.63. The van der Waals surface area contributed by atoms with E-state index >= 15 is 0 Å². The molecule has 0 fully saturated rings. The third-order valence-corrected chi connectivity index (χ3v) is 3.29. The summed E-state index contributed by atoms with van der Waals surface area (Å²) in [6, 6.07) is 13.3. The molecule has 2 N–H and O–H groups in total. The summed E-state index contributed by atoms with van der Waals surface area (Å²) >= 11 is 4.90. The van der Waals surface area contributed by atoms with Crippen molar-refractivity contribution in [3.8, 4) is 11.6 Å². The van der Waals surface area contributed by atoms with Crippen LogP contribution in [0.15, 0.2) is 48.7 Å². The van der Waals surface area contributed by atoms with E-state index in [2.05, 4.69) is 9.97 Å². The minimum absolute atomic E-state index is 0.316. The van der Waals surface area contributed by atoms with Gasteiger partial charge in [-0.2, -0.15) is 0 Å². The number of hydrogen-bond acceptors (Lipinski definition) is 4. The maximum Gasteiger partial charge on any atom is 0.219 e. The molecule has 104 valence electrons. The largest absolute Gasteiger partial charge is 0.437 e. The highest BCUT2D eigenvalue weighted by molar-refractivity contribution is 7.80. The summed E-state index contributed by atoms with van der Waals surface area (Å²) < 4.78 is 5.82. The van der Waals surface area contributed by atoms with Crippen LogP contribution in [0.4, 0.5) is 0 Å². The number of hydrogen-bond donors (Lipinski definition) is 1. The van der Waals surface area contributed by atoms with Crippen LogP contribution in [0, 0.1) is 6.92 Å². The first kappa shape index (κ1) is 13.5. The standard InChI is InChI=1S/C16H13N3OS/c1-10-5-6-11-3-2-4-13(15(11)19-10)20-14-8-7-12(9-18-14)16(17)21/h2-9H,1H3,(H2,17,21). The molecular weight excluding hydrogens is 282 g/mol. The molecule has 21 heavy (non-hydrogen) atoms. The van der Waals surface area contributed by atoms with Gasteiger partial charge in [-0.05, 0) is 25.1 Å². The van der Waals surface area contributed by atoms with Crippen LogP contribution >= 0.6 is 12.2 Å². The zero-order valence-electron chi connectivity index (χ0n) is 11.4. The average Bonchev–Trinajstić information content (AvgIpc) is 2.48. The molecule has 0 atom stereocenters. The van der Waals surface area contributed by atoms with Crippen molar-refractivity contribution in [2.24, 2.45) is 5.73 Å². The predicted octanol–water partition coefficient (Wildman–Crippen LogP) is 3.36. The molecule has 0 amide bonds. The van der Waals surface area contributed by atoms with E-state index in [9.17, 15) is 0 Å². The molecule has 3 rings (SSSR count). The fourth-order valence-corrected chi connectivity index (χ4v) is 2.12. The van der Waals surface area contributed by atoms with Crippen molar-refractivity contribution in [3.63, 3.8) is 0 Å². The number of fused-ring (bicyclic) bond motifs is 1. The van der Waals surface area contributed by atoms with Gasteiger partial charge in [0, 0.05) is 28.9 Å². The lowest BCUT2D eigenvalue weighted by molar-refractivity contribution is 0.467. The lowest BCUT2D eigenvalue weighted by atomic mass is 10.2. The zero-order chi connectivity index (χ0) is 14.8. The number of thiocarbonyl (C=S) groups is 1. The minimum atomic E-state index is 0.316. The monoisotopic (exact) mass is 295 g/mol. The van der Waals surface area contributed by atoms with Crippen molar-refractivity contribution < 1.29 is 4.74 Å². The van der Waals surface area contributed by atoms with Crippen molar-refractivity contribution >= 4 is 28.1 Å². The van der Waals surface area contributed by atoms with E-state index in [1.165, 1.54) is 0 Å². The van der Waals surface area contributed by atoms with Gasteiger partial charge in [0.1, 0.15) is 10.5 Å². The van der Waals surface area contributed by atoms with E-state index in [1.807, 2.05) is 37.3 Å². The van der Waals surface area contributed by atoms with Crippen molar-refractivity contribution in [1.29, 1.82) is 0 Å². The van der Waals surface area contributed by atoms with Crippen LogP contribution < -0.4 is 10.5 Å². The topological polar surface area (TPSA) is 61.0 Å². The summed E-state index contributed by atoms with van der Waals surface area (Å²) in [6.07, 6.45) is 1.60. The average molecular weight is 295 g/mol. The van der Waals surface area contributed by atoms with E-state index in [0.29, 0.717) is 22.2 Å². The quantitative estimate of drug-likeness (QED) is 0.751. The van der Waals surface area contributed by atoms with Crippen LogP contribution in [0.25, 0.3) is 10.9 Å². The van der Waals surface area contributed by atoms with Gasteiger partial charge in [-0.15, -0.1) is 0 Å². The van der Waals surface area contributed by atoms with Crippen LogP contribution in [0.5, 0.6) is 11.6 Å². The Balaban J connectivity index is 1.97. The number of benzene rings is 1. The van der Waals surface area contributed by atoms with Crippen LogP contribution in [0.1, 0.15) is 11.3 Å². The number of rotatable bonds is 3. The first-order valence-corrected chi connectivity index (χ1v) is 6.84. The molecule has 2 heterocycles. The van der Waals surface area contributed by atoms with E-state index in [4.69, 9.17) is 22.7 Å². The van der Waals surface area contributed by atoms with Gasteiger partial charge in [0.2, 0.25) is 5.88 Å². The first-order valence-electron chi connectivity index (χ1n) is 6.43. The lowest BCUT2D eigenvalue weighted by Gasteiger charge is -2.08. The number of pyridine rings is 2. The normalized spacial score (nSPS) is 10.5. The molecule has 0 saturated carbocycles. The third kappa shape index (κ3) is 2.83. The molecule has 0 aliphatic heterocycles. The van der Waals surface area contributed by atoms with Crippen molar-refractivity contribution in [1.82, 2.24) is 9.97 Å². The lowest BCUT2D eigenvalue weighted by Crippen LogP contribution is -2.09. The highest BCUT2D eigenvalue weighted by atomic mass is 32.1. The number of aryl methyl sites for hydroxylation is 1. The summed E-state index contributed by atoms with van der Waals surface area (Å²) in [5, 5.41) is 1.03. The van der Waals surface area contributed by atoms with Crippen LogP contribution in [0.3, 0.4) is 0 Å². The zero-order valence-corrected chi connectivity index (χ0v) is 12.2. The molecule has 0 unspecified atom stereocenters. The highest BCUT2D eigenvalue weighted by Gasteiger charge is 2.06. The molecule has 4 nitrogen and oxygen atoms in total. The smallest absolute Gasteiger partial charge is 0.219 e. The molecule has 0 saturated heterocycles. The molecule has 0 aliphatic carbocycles. The fourth-order valence-electron chi connectivity index (χ4n) is 2.00. The highest BCUT2D eigenvalue weighted by Crippen LogP contribution is 2.27. The van der Waals surface area contributed by atoms with E-state index < -0.39 is 0 Å². The van der Waals surface area contributed by atoms with Gasteiger partial charge in [0.25, 0.3) is 0 Å². The van der Waals surface area contributed by atoms with E-state index in [-0.39, 0.29) is 0 Å². The number of para-hydroxylation sites is 1. The van der Waals surface area contributed by atoms with Gasteiger partial charge in [-0.3, -0.25) is 0 Å². The Bertz CT molecular complexity index is 815. The Morgan fingerprint density at radius 3 is 2.71 bits per heavy atom. The summed E-state index contributed by atoms with van der Waals surface area (Å²) in [5.74, 6) is 1.15. The fraction of sp³-hybridized carbons (Fsp3) is 0.0625. The van der Waals surface area contributed by atoms with Crippen molar-refractivity contribution in [3.05, 3.63) is 59.9 Å². The van der Waals surface area contributed by atoms with E-state index in [0.717, 1.165) is 16.6 Å². The van der Waals surface area contributed by atoms with Crippen molar-refractivity contribution in [2.45, 2.75) is 6.92 Å². The Hall–Kier alpha value is -2.53. The molecule has 0 radical (unpaired) electrons. The SMILES string of the molecule is Cc1ccc2cccc(Oc3ccc(C(N)=S)cn3)c2n1. The molecule has 2 aromatic heterocycles. The third-order valence-electron chi connectivity index (χ3n) is 3.06. The van der Waals surface area contributed by atoms with E-state index in [1.54, 1.807) is 18.3 Å². The molecule has 3 aromatic rings. The van der Waals surface area contributed by atoms with Crippen LogP contribution in [-0.4, -0.2) is 15.0 Å². The molecular formula is C16H13N3OS. The molecule has 1 aromatic carbocycles. The molecule has 5 heteroatoms. The van der Waals surface area contributed by atoms with Gasteiger partial charge in [0.05, 0.1) is 0 Å². The van der Waals surface area contributed by atoms with Gasteiger partial charge >= 0.3 is 0 Å². The Morgan fingerprint density at radius 2 is 2.00 bits per heavy atom. The summed E-state index contributed by atoms with van der Waals surface area (Å²) in [4.78, 5) is 9.05. The maximum absolute atomic E-state index is 5.82. The summed E-state index contributed by atoms with van der Waals surface area (Å²) in [5.41, 5.74) is 8.02. The van der Waals surface area contributed by atoms with Crippen LogP contribution in [-0.2, 0) is 0 Å². The molecule has 0 aliphatic rings. The second-order valence-corrected chi connectivity index (χ2v) is 5.07. The molecule has 0 spiro atoms. The Kier molecular flexibility index (Phi) is 3.50. The Morgan fingerprint density at radius 1 is 1.14 bits per heavy atom. The number of nitrogens with two attached hydrogens (primary N) is 1. The Labute approximate surface area is 127 Å². The molecule has 0 bridgehead atoms.